The van der Waals surface area contributed by atoms with Gasteiger partial charge in [0.2, 0.25) is 0 Å². The number of rotatable bonds is 5. The molecule has 0 saturated heterocycles. The number of aliphatic hydroxyl groups is 1. The highest BCUT2D eigenvalue weighted by molar-refractivity contribution is 5.28. The van der Waals surface area contributed by atoms with E-state index in [9.17, 15) is 13.9 Å². The topological polar surface area (TPSA) is 20.2 Å². The minimum Gasteiger partial charge on any atom is -0.388 e. The summed E-state index contributed by atoms with van der Waals surface area (Å²) in [5, 5.41) is 10.2. The number of halogens is 2. The van der Waals surface area contributed by atoms with Crippen LogP contribution in [0.2, 0.25) is 0 Å². The number of benzene rings is 2. The summed E-state index contributed by atoms with van der Waals surface area (Å²) in [4.78, 5) is 0. The van der Waals surface area contributed by atoms with Crippen LogP contribution in [0.5, 0.6) is 0 Å². The number of aliphatic hydroxyl groups excluding tert-OH is 1. The third-order valence-corrected chi connectivity index (χ3v) is 3.93. The molecule has 0 aliphatic rings. The van der Waals surface area contributed by atoms with Gasteiger partial charge in [-0.25, -0.2) is 8.78 Å². The summed E-state index contributed by atoms with van der Waals surface area (Å²) >= 11 is 0. The van der Waals surface area contributed by atoms with Crippen molar-refractivity contribution in [3.63, 3.8) is 0 Å². The van der Waals surface area contributed by atoms with Gasteiger partial charge in [-0.2, -0.15) is 0 Å². The molecule has 3 heteroatoms. The predicted octanol–water partition coefficient (Wildman–Crippen LogP) is 4.75. The Hall–Kier alpha value is -1.74. The summed E-state index contributed by atoms with van der Waals surface area (Å²) in [5.74, 6) is -0.750. The van der Waals surface area contributed by atoms with Crippen molar-refractivity contribution in [3.05, 3.63) is 70.8 Å². The van der Waals surface area contributed by atoms with Crippen LogP contribution >= 0.6 is 0 Å². The molecule has 2 unspecified atom stereocenters. The molecule has 0 bridgehead atoms. The normalized spacial score (nSPS) is 14.0. The monoisotopic (exact) mass is 290 g/mol. The molecule has 0 saturated carbocycles. The van der Waals surface area contributed by atoms with Crippen LogP contribution in [-0.2, 0) is 6.42 Å². The molecule has 112 valence electrons. The van der Waals surface area contributed by atoms with Gasteiger partial charge < -0.3 is 5.11 Å². The molecule has 0 aliphatic carbocycles. The molecule has 2 aromatic carbocycles. The summed E-state index contributed by atoms with van der Waals surface area (Å²) in [6, 6.07) is 11.1. The fourth-order valence-electron chi connectivity index (χ4n) is 2.30. The first-order chi connectivity index (χ1) is 10.0. The smallest absolute Gasteiger partial charge is 0.129 e. The standard InChI is InChI=1S/C18H20F2O/c1-3-12(2)13-4-6-14(7-5-13)18(21)10-15-8-9-16(19)11-17(15)20/h4-9,11-12,18,21H,3,10H2,1-2H3. The second-order valence-corrected chi connectivity index (χ2v) is 5.43. The first kappa shape index (κ1) is 15.6. The Morgan fingerprint density at radius 3 is 2.19 bits per heavy atom. The summed E-state index contributed by atoms with van der Waals surface area (Å²) in [5.41, 5.74) is 2.28. The van der Waals surface area contributed by atoms with Crippen molar-refractivity contribution in [2.45, 2.75) is 38.7 Å². The third-order valence-electron chi connectivity index (χ3n) is 3.93. The van der Waals surface area contributed by atoms with Crippen LogP contribution in [0.15, 0.2) is 42.5 Å². The van der Waals surface area contributed by atoms with Crippen LogP contribution in [0.25, 0.3) is 0 Å². The molecule has 2 rings (SSSR count). The van der Waals surface area contributed by atoms with Gasteiger partial charge in [-0.3, -0.25) is 0 Å². The number of hydrogen-bond donors (Lipinski definition) is 1. The van der Waals surface area contributed by atoms with Crippen molar-refractivity contribution in [3.8, 4) is 0 Å². The molecule has 0 aromatic heterocycles. The lowest BCUT2D eigenvalue weighted by Crippen LogP contribution is -2.04. The average molecular weight is 290 g/mol. The van der Waals surface area contributed by atoms with Crippen LogP contribution in [0.1, 0.15) is 49.0 Å². The van der Waals surface area contributed by atoms with E-state index in [1.54, 1.807) is 0 Å². The molecule has 0 radical (unpaired) electrons. The summed E-state index contributed by atoms with van der Waals surface area (Å²) in [6.07, 6.45) is 0.397. The van der Waals surface area contributed by atoms with Crippen molar-refractivity contribution in [2.24, 2.45) is 0 Å². The van der Waals surface area contributed by atoms with Crippen molar-refractivity contribution in [1.82, 2.24) is 0 Å². The highest BCUT2D eigenvalue weighted by Gasteiger charge is 2.13. The zero-order valence-corrected chi connectivity index (χ0v) is 12.3. The van der Waals surface area contributed by atoms with E-state index in [1.807, 2.05) is 24.3 Å². The molecule has 0 aliphatic heterocycles. The minimum atomic E-state index is -0.795. The molecule has 21 heavy (non-hydrogen) atoms. The molecule has 1 N–H and O–H groups in total. The van der Waals surface area contributed by atoms with Crippen LogP contribution in [0.3, 0.4) is 0 Å². The quantitative estimate of drug-likeness (QED) is 0.842. The fraction of sp³-hybridized carbons (Fsp3) is 0.333. The van der Waals surface area contributed by atoms with Gasteiger partial charge in [0.05, 0.1) is 6.10 Å². The van der Waals surface area contributed by atoms with E-state index in [-0.39, 0.29) is 6.42 Å². The van der Waals surface area contributed by atoms with E-state index in [0.717, 1.165) is 18.1 Å². The van der Waals surface area contributed by atoms with Gasteiger partial charge in [0.25, 0.3) is 0 Å². The van der Waals surface area contributed by atoms with Crippen molar-refractivity contribution in [2.75, 3.05) is 0 Å². The van der Waals surface area contributed by atoms with Crippen LogP contribution in [0.4, 0.5) is 8.78 Å². The Bertz CT molecular complexity index is 593. The highest BCUT2D eigenvalue weighted by Crippen LogP contribution is 2.24. The van der Waals surface area contributed by atoms with E-state index < -0.39 is 17.7 Å². The Labute approximate surface area is 124 Å². The van der Waals surface area contributed by atoms with Gasteiger partial charge in [0.1, 0.15) is 11.6 Å². The van der Waals surface area contributed by atoms with Gasteiger partial charge in [0, 0.05) is 12.5 Å². The maximum atomic E-state index is 13.6. The lowest BCUT2D eigenvalue weighted by atomic mass is 9.95. The van der Waals surface area contributed by atoms with Crippen LogP contribution < -0.4 is 0 Å². The lowest BCUT2D eigenvalue weighted by Gasteiger charge is -2.14. The largest absolute Gasteiger partial charge is 0.388 e. The molecular weight excluding hydrogens is 270 g/mol. The third kappa shape index (κ3) is 3.88. The van der Waals surface area contributed by atoms with E-state index >= 15 is 0 Å². The molecular formula is C18H20F2O. The maximum absolute atomic E-state index is 13.6. The predicted molar refractivity (Wildman–Crippen MR) is 80.2 cm³/mol. The number of hydrogen-bond acceptors (Lipinski definition) is 1. The van der Waals surface area contributed by atoms with Crippen molar-refractivity contribution in [1.29, 1.82) is 0 Å². The zero-order chi connectivity index (χ0) is 15.4. The highest BCUT2D eigenvalue weighted by atomic mass is 19.1. The van der Waals surface area contributed by atoms with E-state index in [2.05, 4.69) is 13.8 Å². The first-order valence-corrected chi connectivity index (χ1v) is 7.23. The van der Waals surface area contributed by atoms with Gasteiger partial charge in [-0.15, -0.1) is 0 Å². The SMILES string of the molecule is CCC(C)c1ccc(C(O)Cc2ccc(F)cc2F)cc1. The second-order valence-electron chi connectivity index (χ2n) is 5.43. The lowest BCUT2D eigenvalue weighted by molar-refractivity contribution is 0.177. The summed E-state index contributed by atoms with van der Waals surface area (Å²) in [7, 11) is 0. The molecule has 1 nitrogen and oxygen atoms in total. The van der Waals surface area contributed by atoms with Gasteiger partial charge in [0.15, 0.2) is 0 Å². The van der Waals surface area contributed by atoms with E-state index in [1.165, 1.54) is 17.7 Å². The Kier molecular flexibility index (Phi) is 5.07. The van der Waals surface area contributed by atoms with Gasteiger partial charge in [-0.1, -0.05) is 44.2 Å². The van der Waals surface area contributed by atoms with Crippen LogP contribution in [-0.4, -0.2) is 5.11 Å². The van der Waals surface area contributed by atoms with E-state index in [4.69, 9.17) is 0 Å². The first-order valence-electron chi connectivity index (χ1n) is 7.23. The Balaban J connectivity index is 2.11. The van der Waals surface area contributed by atoms with Crippen molar-refractivity contribution >= 4 is 0 Å². The zero-order valence-electron chi connectivity index (χ0n) is 12.3. The second kappa shape index (κ2) is 6.81. The Morgan fingerprint density at radius 2 is 1.62 bits per heavy atom. The molecule has 0 amide bonds. The summed E-state index contributed by atoms with van der Waals surface area (Å²) in [6.45, 7) is 4.28. The van der Waals surface area contributed by atoms with Gasteiger partial charge in [-0.05, 0) is 35.1 Å². The fourth-order valence-corrected chi connectivity index (χ4v) is 2.30. The Morgan fingerprint density at radius 1 is 1.00 bits per heavy atom. The molecule has 2 atom stereocenters. The molecule has 2 aromatic rings. The van der Waals surface area contributed by atoms with E-state index in [0.29, 0.717) is 11.5 Å². The molecule has 0 heterocycles. The molecule has 0 fully saturated rings. The average Bonchev–Trinajstić information content (AvgIpc) is 2.49. The maximum Gasteiger partial charge on any atom is 0.129 e. The minimum absolute atomic E-state index is 0.134. The summed E-state index contributed by atoms with van der Waals surface area (Å²) < 4.78 is 26.5. The molecule has 0 spiro atoms. The van der Waals surface area contributed by atoms with Crippen molar-refractivity contribution < 1.29 is 13.9 Å². The van der Waals surface area contributed by atoms with Gasteiger partial charge >= 0.3 is 0 Å². The van der Waals surface area contributed by atoms with Crippen LogP contribution in [0, 0.1) is 11.6 Å².